The normalized spacial score (nSPS) is 18.5. The second-order valence-corrected chi connectivity index (χ2v) is 8.36. The molecular formula is C21H22ClN3O2S. The quantitative estimate of drug-likeness (QED) is 0.715. The summed E-state index contributed by atoms with van der Waals surface area (Å²) >= 11 is 7.74. The van der Waals surface area contributed by atoms with Crippen LogP contribution in [0.15, 0.2) is 41.4 Å². The number of benzene rings is 1. The summed E-state index contributed by atoms with van der Waals surface area (Å²) in [6.45, 7) is 8.27. The van der Waals surface area contributed by atoms with Crippen molar-refractivity contribution in [3.63, 3.8) is 0 Å². The monoisotopic (exact) mass is 415 g/mol. The second kappa shape index (κ2) is 7.70. The van der Waals surface area contributed by atoms with Gasteiger partial charge < -0.3 is 9.80 Å². The molecule has 28 heavy (non-hydrogen) atoms. The van der Waals surface area contributed by atoms with E-state index in [1.807, 2.05) is 30.5 Å². The zero-order valence-electron chi connectivity index (χ0n) is 15.9. The van der Waals surface area contributed by atoms with Crippen molar-refractivity contribution in [2.75, 3.05) is 37.6 Å². The fourth-order valence-corrected chi connectivity index (χ4v) is 4.63. The number of aryl methyl sites for hydroxylation is 1. The van der Waals surface area contributed by atoms with Gasteiger partial charge in [0, 0.05) is 36.1 Å². The molecule has 2 aliphatic rings. The number of halogens is 1. The van der Waals surface area contributed by atoms with Gasteiger partial charge in [-0.25, -0.2) is 4.90 Å². The van der Waals surface area contributed by atoms with Crippen LogP contribution in [0.3, 0.4) is 0 Å². The van der Waals surface area contributed by atoms with Crippen molar-refractivity contribution in [2.24, 2.45) is 0 Å². The first-order chi connectivity index (χ1) is 13.5. The lowest BCUT2D eigenvalue weighted by Gasteiger charge is -2.35. The molecule has 0 saturated carbocycles. The van der Waals surface area contributed by atoms with E-state index < -0.39 is 0 Å². The molecule has 5 nitrogen and oxygen atoms in total. The average Bonchev–Trinajstić information content (AvgIpc) is 3.30. The first-order valence-corrected chi connectivity index (χ1v) is 10.7. The Kier molecular flexibility index (Phi) is 5.27. The molecule has 0 unspecified atom stereocenters. The largest absolute Gasteiger partial charge is 0.364 e. The number of imide groups is 1. The Balaban J connectivity index is 1.75. The number of hydrogen-bond donors (Lipinski definition) is 0. The fraction of sp³-hybridized carbons (Fsp3) is 0.333. The maximum atomic E-state index is 13.4. The highest BCUT2D eigenvalue weighted by molar-refractivity contribution is 7.11. The number of nitrogens with zero attached hydrogens (tertiary/aromatic N) is 3. The number of piperazine rings is 1. The van der Waals surface area contributed by atoms with Crippen LogP contribution in [0.2, 0.25) is 5.02 Å². The molecule has 4 rings (SSSR count). The average molecular weight is 416 g/mol. The minimum atomic E-state index is -0.278. The third-order valence-electron chi connectivity index (χ3n) is 5.38. The predicted molar refractivity (Wildman–Crippen MR) is 114 cm³/mol. The number of rotatable bonds is 4. The van der Waals surface area contributed by atoms with Crippen LogP contribution in [0.25, 0.3) is 5.57 Å². The highest BCUT2D eigenvalue weighted by atomic mass is 35.5. The molecule has 0 spiro atoms. The number of hydrogen-bond acceptors (Lipinski definition) is 5. The van der Waals surface area contributed by atoms with E-state index in [1.165, 1.54) is 16.2 Å². The minimum Gasteiger partial charge on any atom is -0.364 e. The van der Waals surface area contributed by atoms with Crippen LogP contribution in [-0.4, -0.2) is 54.3 Å². The van der Waals surface area contributed by atoms with Gasteiger partial charge >= 0.3 is 0 Å². The van der Waals surface area contributed by atoms with Gasteiger partial charge in [0.25, 0.3) is 11.8 Å². The third-order valence-corrected chi connectivity index (χ3v) is 6.67. The number of anilines is 1. The SMILES string of the molecule is CCN1CCN(C2=C(c3cccs3)C(=O)N(c3ccc(C)c(Cl)c3)C2=O)CC1. The highest BCUT2D eigenvalue weighted by Crippen LogP contribution is 2.37. The van der Waals surface area contributed by atoms with E-state index in [-0.39, 0.29) is 11.8 Å². The molecule has 1 aromatic carbocycles. The summed E-state index contributed by atoms with van der Waals surface area (Å²) in [5.41, 5.74) is 2.44. The smallest absolute Gasteiger partial charge is 0.282 e. The van der Waals surface area contributed by atoms with Gasteiger partial charge in [-0.1, -0.05) is 30.7 Å². The predicted octanol–water partition coefficient (Wildman–Crippen LogP) is 3.63. The standard InChI is InChI=1S/C21H22ClN3O2S/c1-3-23-8-10-24(11-9-23)19-18(17-5-4-12-28-17)20(26)25(21(19)27)15-7-6-14(2)16(22)13-15/h4-7,12-13H,3,8-11H2,1-2H3. The van der Waals surface area contributed by atoms with Crippen LogP contribution in [0.5, 0.6) is 0 Å². The van der Waals surface area contributed by atoms with Gasteiger partial charge in [0.1, 0.15) is 5.70 Å². The molecule has 0 aliphatic carbocycles. The van der Waals surface area contributed by atoms with Crippen LogP contribution in [0.4, 0.5) is 5.69 Å². The van der Waals surface area contributed by atoms with Crippen molar-refractivity contribution in [3.05, 3.63) is 56.9 Å². The number of carbonyl (C=O) groups is 2. The van der Waals surface area contributed by atoms with Crippen LogP contribution in [0, 0.1) is 6.92 Å². The molecule has 0 atom stereocenters. The lowest BCUT2D eigenvalue weighted by Crippen LogP contribution is -2.47. The van der Waals surface area contributed by atoms with Gasteiger partial charge in [0.05, 0.1) is 11.3 Å². The van der Waals surface area contributed by atoms with E-state index in [0.717, 1.165) is 43.2 Å². The molecule has 7 heteroatoms. The summed E-state index contributed by atoms with van der Waals surface area (Å²) in [6.07, 6.45) is 0. The van der Waals surface area contributed by atoms with Crippen LogP contribution < -0.4 is 4.90 Å². The summed E-state index contributed by atoms with van der Waals surface area (Å²) in [7, 11) is 0. The molecule has 0 radical (unpaired) electrons. The topological polar surface area (TPSA) is 43.9 Å². The minimum absolute atomic E-state index is 0.265. The van der Waals surface area contributed by atoms with Gasteiger partial charge in [-0.3, -0.25) is 9.59 Å². The lowest BCUT2D eigenvalue weighted by atomic mass is 10.1. The Labute approximate surface area is 173 Å². The Morgan fingerprint density at radius 2 is 1.82 bits per heavy atom. The van der Waals surface area contributed by atoms with Crippen molar-refractivity contribution in [3.8, 4) is 0 Å². The number of likely N-dealkylation sites (N-methyl/N-ethyl adjacent to an activating group) is 1. The van der Waals surface area contributed by atoms with E-state index >= 15 is 0 Å². The molecule has 2 aromatic rings. The molecule has 0 bridgehead atoms. The van der Waals surface area contributed by atoms with Gasteiger partial charge in [0.15, 0.2) is 0 Å². The fourth-order valence-electron chi connectivity index (χ4n) is 3.70. The summed E-state index contributed by atoms with van der Waals surface area (Å²) in [5, 5.41) is 2.47. The van der Waals surface area contributed by atoms with Crippen LogP contribution in [0.1, 0.15) is 17.4 Å². The Bertz CT molecular complexity index is 947. The van der Waals surface area contributed by atoms with Crippen molar-refractivity contribution in [1.82, 2.24) is 9.80 Å². The molecular weight excluding hydrogens is 394 g/mol. The lowest BCUT2D eigenvalue weighted by molar-refractivity contribution is -0.120. The van der Waals surface area contributed by atoms with E-state index in [9.17, 15) is 9.59 Å². The van der Waals surface area contributed by atoms with E-state index in [4.69, 9.17) is 11.6 Å². The summed E-state index contributed by atoms with van der Waals surface area (Å²) in [4.78, 5) is 33.3. The molecule has 146 valence electrons. The Hall–Kier alpha value is -2.15. The second-order valence-electron chi connectivity index (χ2n) is 7.00. The van der Waals surface area contributed by atoms with E-state index in [0.29, 0.717) is 22.0 Å². The van der Waals surface area contributed by atoms with Crippen molar-refractivity contribution in [2.45, 2.75) is 13.8 Å². The van der Waals surface area contributed by atoms with Crippen LogP contribution >= 0.6 is 22.9 Å². The zero-order chi connectivity index (χ0) is 19.8. The Morgan fingerprint density at radius 3 is 2.43 bits per heavy atom. The maximum Gasteiger partial charge on any atom is 0.282 e. The van der Waals surface area contributed by atoms with Gasteiger partial charge in [-0.2, -0.15) is 0 Å². The molecule has 3 heterocycles. The zero-order valence-corrected chi connectivity index (χ0v) is 17.5. The molecule has 2 amide bonds. The maximum absolute atomic E-state index is 13.4. The van der Waals surface area contributed by atoms with Gasteiger partial charge in [-0.05, 0) is 42.6 Å². The van der Waals surface area contributed by atoms with Crippen molar-refractivity contribution in [1.29, 1.82) is 0 Å². The summed E-state index contributed by atoms with van der Waals surface area (Å²) in [5.74, 6) is -0.543. The third kappa shape index (κ3) is 3.26. The first kappa shape index (κ1) is 19.2. The van der Waals surface area contributed by atoms with Crippen LogP contribution in [-0.2, 0) is 9.59 Å². The molecule has 1 saturated heterocycles. The number of carbonyl (C=O) groups excluding carboxylic acids is 2. The van der Waals surface area contributed by atoms with Crippen molar-refractivity contribution >= 4 is 46.0 Å². The summed E-state index contributed by atoms with van der Waals surface area (Å²) < 4.78 is 0. The van der Waals surface area contributed by atoms with Gasteiger partial charge in [-0.15, -0.1) is 11.3 Å². The molecule has 1 fully saturated rings. The van der Waals surface area contributed by atoms with E-state index in [1.54, 1.807) is 12.1 Å². The first-order valence-electron chi connectivity index (χ1n) is 9.41. The molecule has 2 aliphatic heterocycles. The van der Waals surface area contributed by atoms with Crippen molar-refractivity contribution < 1.29 is 9.59 Å². The molecule has 0 N–H and O–H groups in total. The number of thiophene rings is 1. The Morgan fingerprint density at radius 1 is 1.07 bits per heavy atom. The summed E-state index contributed by atoms with van der Waals surface area (Å²) in [6, 6.07) is 9.11. The van der Waals surface area contributed by atoms with Gasteiger partial charge in [0.2, 0.25) is 0 Å². The van der Waals surface area contributed by atoms with E-state index in [2.05, 4.69) is 16.7 Å². The highest BCUT2D eigenvalue weighted by Gasteiger charge is 2.43. The number of amides is 2. The molecule has 1 aromatic heterocycles.